The highest BCUT2D eigenvalue weighted by Gasteiger charge is 2.12. The minimum atomic E-state index is -0.183. The van der Waals surface area contributed by atoms with E-state index in [1.165, 1.54) is 6.33 Å². The van der Waals surface area contributed by atoms with E-state index in [9.17, 15) is 4.79 Å². The van der Waals surface area contributed by atoms with Crippen LogP contribution in [0.25, 0.3) is 0 Å². The fraction of sp³-hybridized carbons (Fsp3) is 0.308. The lowest BCUT2D eigenvalue weighted by atomic mass is 10.0. The van der Waals surface area contributed by atoms with E-state index >= 15 is 0 Å². The van der Waals surface area contributed by atoms with Crippen LogP contribution in [-0.4, -0.2) is 35.3 Å². The zero-order chi connectivity index (χ0) is 14.5. The number of aromatic amines is 1. The number of methoxy groups -OCH3 is 2. The predicted octanol–water partition coefficient (Wildman–Crippen LogP) is 1.31. The van der Waals surface area contributed by atoms with Gasteiger partial charge in [-0.05, 0) is 30.2 Å². The Morgan fingerprint density at radius 3 is 2.60 bits per heavy atom. The average Bonchev–Trinajstić information content (AvgIpc) is 2.93. The summed E-state index contributed by atoms with van der Waals surface area (Å²) in [5.74, 6) is 1.38. The maximum Gasteiger partial charge on any atom is 0.231 e. The topological polar surface area (TPSA) is 89.1 Å². The van der Waals surface area contributed by atoms with Crippen LogP contribution >= 0.6 is 0 Å². The molecule has 0 fully saturated rings. The van der Waals surface area contributed by atoms with Gasteiger partial charge >= 0.3 is 0 Å². The van der Waals surface area contributed by atoms with E-state index in [-0.39, 0.29) is 12.3 Å². The zero-order valence-electron chi connectivity index (χ0n) is 11.6. The normalized spacial score (nSPS) is 10.2. The van der Waals surface area contributed by atoms with Crippen LogP contribution in [0.2, 0.25) is 0 Å². The molecule has 0 unspecified atom stereocenters. The number of ether oxygens (including phenoxy) is 2. The van der Waals surface area contributed by atoms with Crippen molar-refractivity contribution in [1.29, 1.82) is 0 Å². The predicted molar refractivity (Wildman–Crippen MR) is 73.0 cm³/mol. The molecule has 20 heavy (non-hydrogen) atoms. The van der Waals surface area contributed by atoms with E-state index in [4.69, 9.17) is 9.47 Å². The first-order valence-electron chi connectivity index (χ1n) is 6.00. The second kappa shape index (κ2) is 6.05. The molecule has 106 valence electrons. The Kier molecular flexibility index (Phi) is 4.19. The van der Waals surface area contributed by atoms with Crippen molar-refractivity contribution in [3.8, 4) is 11.5 Å². The molecule has 2 N–H and O–H groups in total. The van der Waals surface area contributed by atoms with Crippen molar-refractivity contribution in [2.75, 3.05) is 19.5 Å². The van der Waals surface area contributed by atoms with Gasteiger partial charge in [0.2, 0.25) is 11.9 Å². The fourth-order valence-electron chi connectivity index (χ4n) is 1.83. The molecular formula is C13H16N4O3. The van der Waals surface area contributed by atoms with Crippen LogP contribution in [0, 0.1) is 6.92 Å². The summed E-state index contributed by atoms with van der Waals surface area (Å²) in [4.78, 5) is 15.8. The molecule has 7 nitrogen and oxygen atoms in total. The fourth-order valence-corrected chi connectivity index (χ4v) is 1.83. The quantitative estimate of drug-likeness (QED) is 0.859. The van der Waals surface area contributed by atoms with Crippen molar-refractivity contribution in [3.05, 3.63) is 29.6 Å². The second-order valence-electron chi connectivity index (χ2n) is 4.19. The minimum Gasteiger partial charge on any atom is -0.493 e. The van der Waals surface area contributed by atoms with Gasteiger partial charge in [-0.15, -0.1) is 0 Å². The molecule has 0 aliphatic heterocycles. The summed E-state index contributed by atoms with van der Waals surface area (Å²) in [5.41, 5.74) is 1.81. The molecule has 0 bridgehead atoms. The van der Waals surface area contributed by atoms with Gasteiger partial charge in [0.25, 0.3) is 0 Å². The monoisotopic (exact) mass is 276 g/mol. The number of benzene rings is 1. The maximum atomic E-state index is 11.9. The number of aryl methyl sites for hydroxylation is 1. The Morgan fingerprint density at radius 2 is 2.00 bits per heavy atom. The van der Waals surface area contributed by atoms with Gasteiger partial charge in [-0.2, -0.15) is 10.1 Å². The highest BCUT2D eigenvalue weighted by atomic mass is 16.5. The summed E-state index contributed by atoms with van der Waals surface area (Å²) in [5, 5.41) is 8.86. The van der Waals surface area contributed by atoms with E-state index < -0.39 is 0 Å². The number of carbonyl (C=O) groups excluding carboxylic acids is 1. The number of nitrogens with one attached hydrogen (secondary N) is 2. The van der Waals surface area contributed by atoms with E-state index in [0.29, 0.717) is 17.4 Å². The lowest BCUT2D eigenvalue weighted by molar-refractivity contribution is -0.115. The number of carbonyl (C=O) groups is 1. The molecule has 1 heterocycles. The lowest BCUT2D eigenvalue weighted by Crippen LogP contribution is -2.16. The van der Waals surface area contributed by atoms with Crippen LogP contribution in [0.5, 0.6) is 11.5 Å². The molecule has 0 spiro atoms. The summed E-state index contributed by atoms with van der Waals surface area (Å²) < 4.78 is 10.4. The largest absolute Gasteiger partial charge is 0.493 e. The molecular weight excluding hydrogens is 260 g/mol. The van der Waals surface area contributed by atoms with E-state index in [2.05, 4.69) is 20.5 Å². The van der Waals surface area contributed by atoms with Crippen molar-refractivity contribution < 1.29 is 14.3 Å². The number of anilines is 1. The molecule has 0 radical (unpaired) electrons. The summed E-state index contributed by atoms with van der Waals surface area (Å²) in [6.07, 6.45) is 1.55. The summed E-state index contributed by atoms with van der Waals surface area (Å²) >= 11 is 0. The number of rotatable bonds is 5. The van der Waals surface area contributed by atoms with Crippen LogP contribution in [0.15, 0.2) is 18.5 Å². The molecule has 0 aliphatic carbocycles. The van der Waals surface area contributed by atoms with E-state index in [0.717, 1.165) is 11.1 Å². The summed E-state index contributed by atoms with van der Waals surface area (Å²) in [6.45, 7) is 1.92. The third-order valence-electron chi connectivity index (χ3n) is 2.87. The summed E-state index contributed by atoms with van der Waals surface area (Å²) in [7, 11) is 3.14. The molecule has 0 saturated carbocycles. The van der Waals surface area contributed by atoms with Gasteiger partial charge in [0, 0.05) is 0 Å². The zero-order valence-corrected chi connectivity index (χ0v) is 11.6. The van der Waals surface area contributed by atoms with Gasteiger partial charge < -0.3 is 9.47 Å². The molecule has 0 saturated heterocycles. The van der Waals surface area contributed by atoms with Crippen LogP contribution in [0.1, 0.15) is 11.1 Å². The van der Waals surface area contributed by atoms with Crippen LogP contribution in [0.3, 0.4) is 0 Å². The van der Waals surface area contributed by atoms with Gasteiger partial charge in [-0.1, -0.05) is 0 Å². The van der Waals surface area contributed by atoms with E-state index in [1.54, 1.807) is 20.3 Å². The van der Waals surface area contributed by atoms with Gasteiger partial charge in [-0.25, -0.2) is 5.10 Å². The van der Waals surface area contributed by atoms with E-state index in [1.807, 2.05) is 13.0 Å². The first-order chi connectivity index (χ1) is 9.63. The lowest BCUT2D eigenvalue weighted by Gasteiger charge is -2.12. The first kappa shape index (κ1) is 13.9. The molecule has 1 amide bonds. The molecule has 0 aliphatic rings. The first-order valence-corrected chi connectivity index (χ1v) is 6.00. The van der Waals surface area contributed by atoms with Gasteiger partial charge in [-0.3, -0.25) is 10.1 Å². The molecule has 0 atom stereocenters. The van der Waals surface area contributed by atoms with Crippen molar-refractivity contribution >= 4 is 11.9 Å². The Labute approximate surface area is 116 Å². The third kappa shape index (κ3) is 3.05. The molecule has 1 aromatic heterocycles. The van der Waals surface area contributed by atoms with Crippen molar-refractivity contribution in [3.63, 3.8) is 0 Å². The Bertz CT molecular complexity index is 596. The highest BCUT2D eigenvalue weighted by Crippen LogP contribution is 2.30. The third-order valence-corrected chi connectivity index (χ3v) is 2.87. The minimum absolute atomic E-state index is 0.183. The number of hydrogen-bond acceptors (Lipinski definition) is 5. The molecule has 2 rings (SSSR count). The standard InChI is InChI=1S/C13H16N4O3/c1-8-4-10(19-2)11(20-3)5-9(8)6-12(18)16-13-14-7-15-17-13/h4-5,7H,6H2,1-3H3,(H2,14,15,16,17,18). The number of nitrogens with zero attached hydrogens (tertiary/aromatic N) is 2. The second-order valence-corrected chi connectivity index (χ2v) is 4.19. The SMILES string of the molecule is COc1cc(C)c(CC(=O)Nc2ncn[nH]2)cc1OC. The van der Waals surface area contributed by atoms with Crippen molar-refractivity contribution in [1.82, 2.24) is 15.2 Å². The molecule has 2 aromatic rings. The average molecular weight is 276 g/mol. The smallest absolute Gasteiger partial charge is 0.231 e. The Balaban J connectivity index is 2.14. The Morgan fingerprint density at radius 1 is 1.30 bits per heavy atom. The number of hydrogen-bond donors (Lipinski definition) is 2. The molecule has 7 heteroatoms. The number of aromatic nitrogens is 3. The maximum absolute atomic E-state index is 11.9. The molecule has 1 aromatic carbocycles. The van der Waals surface area contributed by atoms with Crippen LogP contribution < -0.4 is 14.8 Å². The number of amides is 1. The van der Waals surface area contributed by atoms with Crippen LogP contribution in [-0.2, 0) is 11.2 Å². The highest BCUT2D eigenvalue weighted by molar-refractivity contribution is 5.90. The van der Waals surface area contributed by atoms with Crippen molar-refractivity contribution in [2.24, 2.45) is 0 Å². The van der Waals surface area contributed by atoms with Gasteiger partial charge in [0.05, 0.1) is 20.6 Å². The summed E-state index contributed by atoms with van der Waals surface area (Å²) in [6, 6.07) is 3.64. The number of H-pyrrole nitrogens is 1. The van der Waals surface area contributed by atoms with Crippen LogP contribution in [0.4, 0.5) is 5.95 Å². The van der Waals surface area contributed by atoms with Crippen molar-refractivity contribution in [2.45, 2.75) is 13.3 Å². The Hall–Kier alpha value is -2.57. The van der Waals surface area contributed by atoms with Gasteiger partial charge in [0.1, 0.15) is 6.33 Å². The van der Waals surface area contributed by atoms with Gasteiger partial charge in [0.15, 0.2) is 11.5 Å².